The van der Waals surface area contributed by atoms with E-state index in [9.17, 15) is 4.79 Å². The minimum Gasteiger partial charge on any atom is -0.497 e. The molecular formula is C18H17NO4. The highest BCUT2D eigenvalue weighted by Crippen LogP contribution is 2.36. The first-order valence-corrected chi connectivity index (χ1v) is 7.32. The van der Waals surface area contributed by atoms with Crippen LogP contribution in [0.5, 0.6) is 5.75 Å². The molecule has 0 bridgehead atoms. The molecule has 3 aromatic rings. The predicted octanol–water partition coefficient (Wildman–Crippen LogP) is 3.79. The van der Waals surface area contributed by atoms with Gasteiger partial charge in [-0.15, -0.1) is 0 Å². The molecule has 0 atom stereocenters. The van der Waals surface area contributed by atoms with E-state index >= 15 is 0 Å². The maximum Gasteiger partial charge on any atom is 0.311 e. The van der Waals surface area contributed by atoms with Crippen LogP contribution in [-0.4, -0.2) is 19.6 Å². The maximum atomic E-state index is 12.4. The molecule has 1 heterocycles. The Labute approximate surface area is 133 Å². The van der Waals surface area contributed by atoms with Crippen LogP contribution < -0.4 is 10.2 Å². The van der Waals surface area contributed by atoms with Gasteiger partial charge in [-0.1, -0.05) is 30.3 Å². The van der Waals surface area contributed by atoms with E-state index < -0.39 is 5.91 Å². The summed E-state index contributed by atoms with van der Waals surface area (Å²) < 4.78 is 11.0. The van der Waals surface area contributed by atoms with Crippen molar-refractivity contribution in [2.75, 3.05) is 13.7 Å². The molecule has 0 unspecified atom stereocenters. The minimum atomic E-state index is -0.416. The average molecular weight is 311 g/mol. The number of carbonyl (C=O) groups excluding carboxylic acids is 1. The summed E-state index contributed by atoms with van der Waals surface area (Å²) in [6.07, 6.45) is 0. The summed E-state index contributed by atoms with van der Waals surface area (Å²) >= 11 is 0. The predicted molar refractivity (Wildman–Crippen MR) is 87.3 cm³/mol. The second-order valence-corrected chi connectivity index (χ2v) is 4.90. The Morgan fingerprint density at radius 3 is 2.65 bits per heavy atom. The number of fused-ring (bicyclic) bond motifs is 1. The molecule has 0 aliphatic heterocycles. The number of hydrogen-bond donors (Lipinski definition) is 1. The number of amides is 1. The Kier molecular flexibility index (Phi) is 4.30. The van der Waals surface area contributed by atoms with Gasteiger partial charge in [0.2, 0.25) is 5.76 Å². The number of nitrogens with one attached hydrogen (secondary N) is 1. The van der Waals surface area contributed by atoms with Crippen LogP contribution in [0.4, 0.5) is 0 Å². The van der Waals surface area contributed by atoms with Crippen molar-refractivity contribution in [3.63, 3.8) is 0 Å². The fourth-order valence-corrected chi connectivity index (χ4v) is 2.44. The number of hydroxylamine groups is 1. The Bertz CT molecular complexity index is 824. The minimum absolute atomic E-state index is 0.216. The van der Waals surface area contributed by atoms with Crippen molar-refractivity contribution in [2.45, 2.75) is 6.92 Å². The van der Waals surface area contributed by atoms with Crippen LogP contribution in [-0.2, 0) is 4.84 Å². The number of benzene rings is 2. The Hall–Kier alpha value is -2.79. The van der Waals surface area contributed by atoms with Crippen LogP contribution in [0.25, 0.3) is 22.1 Å². The van der Waals surface area contributed by atoms with Crippen LogP contribution in [0.3, 0.4) is 0 Å². The second-order valence-electron chi connectivity index (χ2n) is 4.90. The van der Waals surface area contributed by atoms with Crippen LogP contribution in [0, 0.1) is 0 Å². The highest BCUT2D eigenvalue weighted by atomic mass is 16.7. The fourth-order valence-electron chi connectivity index (χ4n) is 2.44. The molecule has 0 saturated carbocycles. The van der Waals surface area contributed by atoms with Crippen LogP contribution in [0.1, 0.15) is 17.5 Å². The zero-order valence-electron chi connectivity index (χ0n) is 13.0. The summed E-state index contributed by atoms with van der Waals surface area (Å²) in [4.78, 5) is 17.4. The van der Waals surface area contributed by atoms with Gasteiger partial charge >= 0.3 is 5.91 Å². The van der Waals surface area contributed by atoms with E-state index in [0.29, 0.717) is 17.9 Å². The molecule has 23 heavy (non-hydrogen) atoms. The lowest BCUT2D eigenvalue weighted by atomic mass is 10.0. The number of methoxy groups -OCH3 is 1. The molecule has 2 aromatic carbocycles. The van der Waals surface area contributed by atoms with Crippen molar-refractivity contribution in [2.24, 2.45) is 0 Å². The molecule has 3 rings (SSSR count). The van der Waals surface area contributed by atoms with Gasteiger partial charge in [-0.05, 0) is 24.6 Å². The van der Waals surface area contributed by atoms with E-state index in [-0.39, 0.29) is 5.76 Å². The molecule has 0 fully saturated rings. The Balaban J connectivity index is 2.18. The van der Waals surface area contributed by atoms with Crippen molar-refractivity contribution in [1.29, 1.82) is 0 Å². The lowest BCUT2D eigenvalue weighted by Gasteiger charge is -2.04. The molecule has 0 saturated heterocycles. The van der Waals surface area contributed by atoms with Gasteiger partial charge in [0.05, 0.1) is 13.7 Å². The van der Waals surface area contributed by atoms with Gasteiger partial charge in [0, 0.05) is 17.0 Å². The third-order valence-corrected chi connectivity index (χ3v) is 3.48. The molecule has 0 aliphatic carbocycles. The fraction of sp³-hybridized carbons (Fsp3) is 0.167. The monoisotopic (exact) mass is 311 g/mol. The summed E-state index contributed by atoms with van der Waals surface area (Å²) in [6, 6.07) is 15.1. The van der Waals surface area contributed by atoms with Crippen molar-refractivity contribution in [3.05, 3.63) is 54.3 Å². The summed E-state index contributed by atoms with van der Waals surface area (Å²) in [5.74, 6) is 0.469. The van der Waals surface area contributed by atoms with Gasteiger partial charge in [0.25, 0.3) is 0 Å². The van der Waals surface area contributed by atoms with Gasteiger partial charge in [-0.25, -0.2) is 5.48 Å². The molecule has 1 N–H and O–H groups in total. The summed E-state index contributed by atoms with van der Waals surface area (Å²) in [5.41, 5.74) is 4.61. The van der Waals surface area contributed by atoms with Gasteiger partial charge in [-0.2, -0.15) is 0 Å². The van der Waals surface area contributed by atoms with E-state index in [1.807, 2.05) is 42.5 Å². The van der Waals surface area contributed by atoms with Crippen LogP contribution >= 0.6 is 0 Å². The summed E-state index contributed by atoms with van der Waals surface area (Å²) in [6.45, 7) is 2.17. The average Bonchev–Trinajstić information content (AvgIpc) is 2.98. The number of furan rings is 1. The van der Waals surface area contributed by atoms with Crippen molar-refractivity contribution in [3.8, 4) is 16.9 Å². The van der Waals surface area contributed by atoms with Crippen molar-refractivity contribution < 1.29 is 18.8 Å². The number of ether oxygens (including phenoxy) is 1. The molecule has 1 amide bonds. The normalized spacial score (nSPS) is 10.7. The third kappa shape index (κ3) is 2.91. The molecular weight excluding hydrogens is 294 g/mol. The zero-order chi connectivity index (χ0) is 16.2. The Morgan fingerprint density at radius 1 is 1.17 bits per heavy atom. The third-order valence-electron chi connectivity index (χ3n) is 3.48. The first-order valence-electron chi connectivity index (χ1n) is 7.32. The molecule has 0 aliphatic rings. The number of carbonyl (C=O) groups is 1. The van der Waals surface area contributed by atoms with Crippen LogP contribution in [0.15, 0.2) is 52.9 Å². The first kappa shape index (κ1) is 15.1. The van der Waals surface area contributed by atoms with Gasteiger partial charge in [0.15, 0.2) is 0 Å². The van der Waals surface area contributed by atoms with E-state index in [1.54, 1.807) is 20.1 Å². The molecule has 5 heteroatoms. The Morgan fingerprint density at radius 2 is 1.96 bits per heavy atom. The van der Waals surface area contributed by atoms with Gasteiger partial charge in [-0.3, -0.25) is 9.63 Å². The second kappa shape index (κ2) is 6.54. The lowest BCUT2D eigenvalue weighted by Crippen LogP contribution is -2.23. The highest BCUT2D eigenvalue weighted by molar-refractivity contribution is 6.07. The largest absolute Gasteiger partial charge is 0.497 e. The van der Waals surface area contributed by atoms with E-state index in [1.165, 1.54) is 0 Å². The van der Waals surface area contributed by atoms with E-state index in [4.69, 9.17) is 14.0 Å². The first-order chi connectivity index (χ1) is 11.2. The van der Waals surface area contributed by atoms with Crippen molar-refractivity contribution >= 4 is 16.9 Å². The maximum absolute atomic E-state index is 12.4. The summed E-state index contributed by atoms with van der Waals surface area (Å²) in [5, 5.41) is 0.846. The number of rotatable bonds is 5. The zero-order valence-corrected chi connectivity index (χ0v) is 13.0. The smallest absolute Gasteiger partial charge is 0.311 e. The standard InChI is InChI=1S/C18H17NO4/c1-3-22-19-18(20)17-16(12-7-5-4-6-8-12)14-10-9-13(21-2)11-15(14)23-17/h4-11H,3H2,1-2H3,(H,19,20). The van der Waals surface area contributed by atoms with Gasteiger partial charge < -0.3 is 9.15 Å². The molecule has 1 aromatic heterocycles. The topological polar surface area (TPSA) is 60.7 Å². The van der Waals surface area contributed by atoms with Gasteiger partial charge in [0.1, 0.15) is 11.3 Å². The van der Waals surface area contributed by atoms with E-state index in [2.05, 4.69) is 5.48 Å². The van der Waals surface area contributed by atoms with Crippen LogP contribution in [0.2, 0.25) is 0 Å². The van der Waals surface area contributed by atoms with Crippen molar-refractivity contribution in [1.82, 2.24) is 5.48 Å². The van der Waals surface area contributed by atoms with E-state index in [0.717, 1.165) is 16.5 Å². The molecule has 118 valence electrons. The quantitative estimate of drug-likeness (QED) is 0.728. The highest BCUT2D eigenvalue weighted by Gasteiger charge is 2.22. The number of hydrogen-bond acceptors (Lipinski definition) is 4. The summed E-state index contributed by atoms with van der Waals surface area (Å²) in [7, 11) is 1.59. The SMILES string of the molecule is CCONC(=O)c1oc2cc(OC)ccc2c1-c1ccccc1. The molecule has 0 radical (unpaired) electrons. The lowest BCUT2D eigenvalue weighted by molar-refractivity contribution is 0.0343. The molecule has 5 nitrogen and oxygen atoms in total. The molecule has 0 spiro atoms.